The third kappa shape index (κ3) is 2.65. The number of H-pyrrole nitrogens is 2. The van der Waals surface area contributed by atoms with Crippen LogP contribution >= 0.6 is 0 Å². The van der Waals surface area contributed by atoms with E-state index in [0.717, 1.165) is 62.4 Å². The number of nitrogens with one attached hydrogen (secondary N) is 2. The predicted molar refractivity (Wildman–Crippen MR) is 85.1 cm³/mol. The molecule has 0 bridgehead atoms. The summed E-state index contributed by atoms with van der Waals surface area (Å²) in [7, 11) is 2.08. The lowest BCUT2D eigenvalue weighted by Gasteiger charge is -2.32. The molecule has 2 aromatic heterocycles. The fourth-order valence-corrected chi connectivity index (χ4v) is 3.67. The highest BCUT2D eigenvalue weighted by atomic mass is 16.2. The Hall–Kier alpha value is -2.15. The molecule has 122 valence electrons. The van der Waals surface area contributed by atoms with E-state index in [0.29, 0.717) is 11.6 Å². The van der Waals surface area contributed by atoms with Crippen LogP contribution in [0.4, 0.5) is 0 Å². The van der Waals surface area contributed by atoms with Gasteiger partial charge in [-0.2, -0.15) is 10.2 Å². The van der Waals surface area contributed by atoms with Crippen LogP contribution in [0, 0.1) is 0 Å². The molecule has 0 unspecified atom stereocenters. The lowest BCUT2D eigenvalue weighted by atomic mass is 9.94. The third-order valence-corrected chi connectivity index (χ3v) is 5.00. The summed E-state index contributed by atoms with van der Waals surface area (Å²) in [6, 6.07) is 2.00. The minimum atomic E-state index is 0.0574. The van der Waals surface area contributed by atoms with E-state index >= 15 is 0 Å². The van der Waals surface area contributed by atoms with Gasteiger partial charge in [0.05, 0.1) is 0 Å². The zero-order valence-corrected chi connectivity index (χ0v) is 13.4. The Morgan fingerprint density at radius 2 is 2.26 bits per heavy atom. The summed E-state index contributed by atoms with van der Waals surface area (Å²) < 4.78 is 0. The van der Waals surface area contributed by atoms with E-state index < -0.39 is 0 Å². The standard InChI is InChI=1S/C16H22N6O/c1-21-8-5-14-12(10-21)15(20-19-14)16(23)22-7-2-3-11(9-22)13-4-6-17-18-13/h4,6,11H,2-3,5,7-10H2,1H3,(H,17,18)(H,19,20)/t11-/m0/s1. The number of hydrogen-bond donors (Lipinski definition) is 2. The van der Waals surface area contributed by atoms with Crippen molar-refractivity contribution in [3.8, 4) is 0 Å². The first-order valence-corrected chi connectivity index (χ1v) is 8.25. The quantitative estimate of drug-likeness (QED) is 0.871. The summed E-state index contributed by atoms with van der Waals surface area (Å²) in [4.78, 5) is 17.1. The van der Waals surface area contributed by atoms with Crippen LogP contribution in [0.5, 0.6) is 0 Å². The maximum Gasteiger partial charge on any atom is 0.274 e. The van der Waals surface area contributed by atoms with Gasteiger partial charge in [0.25, 0.3) is 5.91 Å². The number of aromatic nitrogens is 4. The topological polar surface area (TPSA) is 80.9 Å². The molecule has 7 nitrogen and oxygen atoms in total. The van der Waals surface area contributed by atoms with Crippen LogP contribution < -0.4 is 0 Å². The summed E-state index contributed by atoms with van der Waals surface area (Å²) in [5.41, 5.74) is 3.92. The number of aromatic amines is 2. The first-order valence-electron chi connectivity index (χ1n) is 8.25. The lowest BCUT2D eigenvalue weighted by Crippen LogP contribution is -2.40. The monoisotopic (exact) mass is 314 g/mol. The fourth-order valence-electron chi connectivity index (χ4n) is 3.67. The van der Waals surface area contributed by atoms with Crippen molar-refractivity contribution in [1.82, 2.24) is 30.2 Å². The number of rotatable bonds is 2. The molecule has 0 saturated carbocycles. The fraction of sp³-hybridized carbons (Fsp3) is 0.562. The smallest absolute Gasteiger partial charge is 0.274 e. The highest BCUT2D eigenvalue weighted by Crippen LogP contribution is 2.27. The Kier molecular flexibility index (Phi) is 3.65. The molecule has 2 N–H and O–H groups in total. The van der Waals surface area contributed by atoms with Crippen molar-refractivity contribution < 1.29 is 4.79 Å². The van der Waals surface area contributed by atoms with E-state index in [-0.39, 0.29) is 5.91 Å². The molecule has 1 saturated heterocycles. The number of likely N-dealkylation sites (tertiary alicyclic amines) is 1. The molecule has 0 aromatic carbocycles. The largest absolute Gasteiger partial charge is 0.337 e. The molecule has 23 heavy (non-hydrogen) atoms. The van der Waals surface area contributed by atoms with Crippen molar-refractivity contribution in [3.05, 3.63) is 34.9 Å². The highest BCUT2D eigenvalue weighted by molar-refractivity contribution is 5.94. The van der Waals surface area contributed by atoms with Gasteiger partial charge >= 0.3 is 0 Å². The maximum atomic E-state index is 13.0. The van der Waals surface area contributed by atoms with Crippen LogP contribution in [-0.4, -0.2) is 62.8 Å². The first kappa shape index (κ1) is 14.4. The number of hydrogen-bond acceptors (Lipinski definition) is 4. The van der Waals surface area contributed by atoms with E-state index in [2.05, 4.69) is 32.3 Å². The number of carbonyl (C=O) groups excluding carboxylic acids is 1. The van der Waals surface area contributed by atoms with E-state index in [1.807, 2.05) is 11.0 Å². The summed E-state index contributed by atoms with van der Waals surface area (Å²) in [6.07, 6.45) is 4.81. The Morgan fingerprint density at radius 1 is 1.35 bits per heavy atom. The maximum absolute atomic E-state index is 13.0. The van der Waals surface area contributed by atoms with E-state index in [1.54, 1.807) is 6.20 Å². The predicted octanol–water partition coefficient (Wildman–Crippen LogP) is 1.14. The van der Waals surface area contributed by atoms with Gasteiger partial charge in [0.15, 0.2) is 5.69 Å². The molecule has 1 fully saturated rings. The molecule has 4 rings (SSSR count). The third-order valence-electron chi connectivity index (χ3n) is 5.00. The summed E-state index contributed by atoms with van der Waals surface area (Å²) in [5.74, 6) is 0.398. The molecular formula is C16H22N6O. The van der Waals surface area contributed by atoms with Gasteiger partial charge in [-0.25, -0.2) is 0 Å². The number of fused-ring (bicyclic) bond motifs is 1. The summed E-state index contributed by atoms with van der Waals surface area (Å²) in [5, 5.41) is 14.5. The van der Waals surface area contributed by atoms with Gasteiger partial charge in [-0.3, -0.25) is 15.0 Å². The minimum absolute atomic E-state index is 0.0574. The molecule has 1 amide bonds. The Bertz CT molecular complexity index is 691. The average molecular weight is 314 g/mol. The second-order valence-electron chi connectivity index (χ2n) is 6.62. The average Bonchev–Trinajstić information content (AvgIpc) is 3.24. The van der Waals surface area contributed by atoms with Gasteiger partial charge in [-0.15, -0.1) is 0 Å². The number of nitrogens with zero attached hydrogens (tertiary/aromatic N) is 4. The van der Waals surface area contributed by atoms with Crippen molar-refractivity contribution in [2.45, 2.75) is 31.7 Å². The minimum Gasteiger partial charge on any atom is -0.337 e. The van der Waals surface area contributed by atoms with Gasteiger partial charge in [-0.1, -0.05) is 0 Å². The molecule has 1 atom stereocenters. The number of likely N-dealkylation sites (N-methyl/N-ethyl adjacent to an activating group) is 1. The molecule has 2 aromatic rings. The van der Waals surface area contributed by atoms with Crippen molar-refractivity contribution in [3.63, 3.8) is 0 Å². The molecule has 0 aliphatic carbocycles. The Labute approximate surface area is 135 Å². The van der Waals surface area contributed by atoms with Crippen LogP contribution in [-0.2, 0) is 13.0 Å². The zero-order chi connectivity index (χ0) is 15.8. The van der Waals surface area contributed by atoms with Gasteiger partial charge < -0.3 is 9.80 Å². The second-order valence-corrected chi connectivity index (χ2v) is 6.62. The molecule has 0 spiro atoms. The summed E-state index contributed by atoms with van der Waals surface area (Å²) >= 11 is 0. The van der Waals surface area contributed by atoms with Gasteiger partial charge in [-0.05, 0) is 26.0 Å². The van der Waals surface area contributed by atoms with Crippen LogP contribution in [0.25, 0.3) is 0 Å². The van der Waals surface area contributed by atoms with E-state index in [1.165, 1.54) is 0 Å². The van der Waals surface area contributed by atoms with Crippen LogP contribution in [0.1, 0.15) is 46.2 Å². The lowest BCUT2D eigenvalue weighted by molar-refractivity contribution is 0.0697. The zero-order valence-electron chi connectivity index (χ0n) is 13.4. The van der Waals surface area contributed by atoms with E-state index in [9.17, 15) is 4.79 Å². The van der Waals surface area contributed by atoms with Crippen molar-refractivity contribution in [2.24, 2.45) is 0 Å². The van der Waals surface area contributed by atoms with Crippen LogP contribution in [0.3, 0.4) is 0 Å². The number of carbonyl (C=O) groups is 1. The van der Waals surface area contributed by atoms with Crippen molar-refractivity contribution >= 4 is 5.91 Å². The molecule has 0 radical (unpaired) electrons. The SMILES string of the molecule is CN1CCc2[nH]nc(C(=O)N3CCC[C@H](c4ccn[nH]4)C3)c2C1. The number of piperidine rings is 1. The highest BCUT2D eigenvalue weighted by Gasteiger charge is 2.30. The Balaban J connectivity index is 1.54. The molecular weight excluding hydrogens is 292 g/mol. The number of amides is 1. The molecule has 2 aliphatic rings. The van der Waals surface area contributed by atoms with Crippen LogP contribution in [0.2, 0.25) is 0 Å². The van der Waals surface area contributed by atoms with Gasteiger partial charge in [0, 0.05) is 61.7 Å². The summed E-state index contributed by atoms with van der Waals surface area (Å²) in [6.45, 7) is 3.35. The van der Waals surface area contributed by atoms with E-state index in [4.69, 9.17) is 0 Å². The first-order chi connectivity index (χ1) is 11.2. The molecule has 4 heterocycles. The normalized spacial score (nSPS) is 22.1. The second kappa shape index (κ2) is 5.81. The van der Waals surface area contributed by atoms with Crippen LogP contribution in [0.15, 0.2) is 12.3 Å². The van der Waals surface area contributed by atoms with Gasteiger partial charge in [0.1, 0.15) is 0 Å². The van der Waals surface area contributed by atoms with Crippen molar-refractivity contribution in [1.29, 1.82) is 0 Å². The Morgan fingerprint density at radius 3 is 3.09 bits per heavy atom. The van der Waals surface area contributed by atoms with Gasteiger partial charge in [0.2, 0.25) is 0 Å². The molecule has 2 aliphatic heterocycles. The van der Waals surface area contributed by atoms with Crippen molar-refractivity contribution in [2.75, 3.05) is 26.7 Å². The molecule has 7 heteroatoms.